The summed E-state index contributed by atoms with van der Waals surface area (Å²) < 4.78 is 35.3. The van der Waals surface area contributed by atoms with Crippen LogP contribution in [0.3, 0.4) is 0 Å². The quantitative estimate of drug-likeness (QED) is 0.507. The van der Waals surface area contributed by atoms with Gasteiger partial charge in [0.15, 0.2) is 13.3 Å². The molecule has 1 heterocycles. The van der Waals surface area contributed by atoms with Crippen LogP contribution >= 0.6 is 23.2 Å². The van der Waals surface area contributed by atoms with Crippen molar-refractivity contribution in [3.8, 4) is 0 Å². The second-order valence-corrected chi connectivity index (χ2v) is 10.2. The van der Waals surface area contributed by atoms with E-state index in [9.17, 15) is 13.2 Å². The minimum atomic E-state index is -4.30. The van der Waals surface area contributed by atoms with E-state index in [-0.39, 0.29) is 10.0 Å². The minimum absolute atomic E-state index is 0.288. The molecule has 6 nitrogen and oxygen atoms in total. The average Bonchev–Trinajstić information content (AvgIpc) is 2.85. The maximum absolute atomic E-state index is 13.1. The van der Waals surface area contributed by atoms with Crippen LogP contribution in [0.4, 0.5) is 0 Å². The molecule has 1 atom stereocenters. The van der Waals surface area contributed by atoms with Gasteiger partial charge in [-0.1, -0.05) is 53.5 Å². The lowest BCUT2D eigenvalue weighted by molar-refractivity contribution is -0.126. The van der Waals surface area contributed by atoms with Crippen LogP contribution in [0, 0.1) is 0 Å². The first-order valence-corrected chi connectivity index (χ1v) is 10.7. The highest BCUT2D eigenvalue weighted by molar-refractivity contribution is 7.90. The van der Waals surface area contributed by atoms with Gasteiger partial charge in [-0.15, -0.1) is 0 Å². The summed E-state index contributed by atoms with van der Waals surface area (Å²) in [6, 6.07) is 13.0. The van der Waals surface area contributed by atoms with Crippen molar-refractivity contribution >= 4 is 62.6 Å². The van der Waals surface area contributed by atoms with Crippen molar-refractivity contribution in [2.24, 2.45) is 5.73 Å². The number of carbonyl (C=O) groups is 1. The minimum Gasteiger partial charge on any atom is -0.467 e. The Bertz CT molecular complexity index is 1100. The van der Waals surface area contributed by atoms with Gasteiger partial charge < -0.3 is 14.7 Å². The van der Waals surface area contributed by atoms with E-state index in [1.807, 2.05) is 0 Å². The zero-order valence-corrected chi connectivity index (χ0v) is 18.2. The monoisotopic (exact) mass is 449 g/mol. The molecule has 2 aromatic carbocycles. The van der Waals surface area contributed by atoms with Crippen LogP contribution in [0.1, 0.15) is 11.1 Å². The van der Waals surface area contributed by atoms with Gasteiger partial charge in [0, 0.05) is 10.0 Å². The van der Waals surface area contributed by atoms with Gasteiger partial charge in [-0.25, -0.2) is 0 Å². The van der Waals surface area contributed by atoms with Crippen LogP contribution < -0.4 is 5.73 Å². The highest BCUT2D eigenvalue weighted by Gasteiger charge is 2.51. The van der Waals surface area contributed by atoms with Crippen LogP contribution in [0.5, 0.6) is 0 Å². The van der Waals surface area contributed by atoms with Gasteiger partial charge in [0.2, 0.25) is 17.4 Å². The van der Waals surface area contributed by atoms with Gasteiger partial charge in [-0.05, 0) is 29.3 Å². The fourth-order valence-corrected chi connectivity index (χ4v) is 4.47. The Kier molecular flexibility index (Phi) is 5.49. The Morgan fingerprint density at radius 2 is 1.62 bits per heavy atom. The molecule has 0 bridgehead atoms. The van der Waals surface area contributed by atoms with Crippen molar-refractivity contribution in [3.63, 3.8) is 0 Å². The standard InChI is InChI=1S/C17H16B3Cl2NO5S/c18-16(10-6-11(21)8-12(22)7-10)14(24)13(15(23)27-16)28-29(25,26)17(19,20)9-4-2-1-3-5-9/h1-8H,18-20,23H2. The van der Waals surface area contributed by atoms with E-state index in [1.54, 1.807) is 30.3 Å². The Morgan fingerprint density at radius 3 is 2.17 bits per heavy atom. The van der Waals surface area contributed by atoms with Crippen LogP contribution in [0.2, 0.25) is 10.0 Å². The number of hydrogen-bond donors (Lipinski definition) is 1. The summed E-state index contributed by atoms with van der Waals surface area (Å²) in [6.45, 7) is 0. The SMILES string of the molecule is BC1(c2cc(Cl)cc(Cl)c2)OC(N)=C(OS(=O)(=O)C(B)(B)c2ccccc2)C1=O. The fraction of sp³-hybridized carbons (Fsp3) is 0.118. The molecule has 0 saturated carbocycles. The van der Waals surface area contributed by atoms with Gasteiger partial charge >= 0.3 is 10.1 Å². The van der Waals surface area contributed by atoms with Crippen LogP contribution in [-0.2, 0) is 33.9 Å². The van der Waals surface area contributed by atoms with Gasteiger partial charge in [0.05, 0.1) is 4.55 Å². The molecule has 1 aliphatic heterocycles. The first-order chi connectivity index (χ1) is 13.4. The highest BCUT2D eigenvalue weighted by Crippen LogP contribution is 2.39. The molecule has 0 fully saturated rings. The molecule has 0 amide bonds. The lowest BCUT2D eigenvalue weighted by Crippen LogP contribution is -2.40. The van der Waals surface area contributed by atoms with Crippen molar-refractivity contribution in [2.45, 2.75) is 10.0 Å². The van der Waals surface area contributed by atoms with Gasteiger partial charge in [0.25, 0.3) is 0 Å². The van der Waals surface area contributed by atoms with Gasteiger partial charge in [-0.2, -0.15) is 8.42 Å². The first-order valence-electron chi connectivity index (χ1n) is 8.58. The van der Waals surface area contributed by atoms with E-state index in [0.717, 1.165) is 0 Å². The molecule has 2 N–H and O–H groups in total. The number of hydrogen-bond acceptors (Lipinski definition) is 6. The molecule has 12 heteroatoms. The van der Waals surface area contributed by atoms with Gasteiger partial charge in [-0.3, -0.25) is 4.79 Å². The number of ketones is 1. The third-order valence-electron chi connectivity index (χ3n) is 4.88. The van der Waals surface area contributed by atoms with E-state index in [2.05, 4.69) is 0 Å². The molecular formula is C17H16B3Cl2NO5S. The third-order valence-corrected chi connectivity index (χ3v) is 7.19. The molecule has 0 aromatic heterocycles. The predicted molar refractivity (Wildman–Crippen MR) is 119 cm³/mol. The topological polar surface area (TPSA) is 95.7 Å². The van der Waals surface area contributed by atoms with E-state index < -0.39 is 37.6 Å². The van der Waals surface area contributed by atoms with Crippen molar-refractivity contribution < 1.29 is 22.1 Å². The number of Topliss-reactive ketones (excluding diaryl/α,β-unsaturated/α-hetero) is 1. The molecule has 29 heavy (non-hydrogen) atoms. The number of ether oxygens (including phenoxy) is 1. The van der Waals surface area contributed by atoms with Crippen LogP contribution in [0.15, 0.2) is 60.2 Å². The van der Waals surface area contributed by atoms with Crippen LogP contribution in [-0.4, -0.2) is 37.7 Å². The molecule has 3 rings (SSSR count). The second-order valence-electron chi connectivity index (χ2n) is 7.23. The first kappa shape index (κ1) is 21.7. The van der Waals surface area contributed by atoms with E-state index >= 15 is 0 Å². The molecule has 1 unspecified atom stereocenters. The maximum Gasteiger partial charge on any atom is 0.304 e. The summed E-state index contributed by atoms with van der Waals surface area (Å²) >= 11 is 12.0. The largest absolute Gasteiger partial charge is 0.467 e. The lowest BCUT2D eigenvalue weighted by atomic mass is 9.65. The molecular weight excluding hydrogens is 434 g/mol. The molecule has 1 aliphatic rings. The molecule has 2 aromatic rings. The van der Waals surface area contributed by atoms with Crippen molar-refractivity contribution in [1.29, 1.82) is 0 Å². The van der Waals surface area contributed by atoms with Gasteiger partial charge in [0.1, 0.15) is 15.7 Å². The Morgan fingerprint density at radius 1 is 1.07 bits per heavy atom. The molecule has 0 radical (unpaired) electrons. The lowest BCUT2D eigenvalue weighted by Gasteiger charge is -2.26. The summed E-state index contributed by atoms with van der Waals surface area (Å²) in [7, 11) is 0.0920. The summed E-state index contributed by atoms with van der Waals surface area (Å²) in [6.07, 6.45) is 0. The predicted octanol–water partition coefficient (Wildman–Crippen LogP) is -0.0705. The van der Waals surface area contributed by atoms with Crippen molar-refractivity contribution in [2.75, 3.05) is 0 Å². The smallest absolute Gasteiger partial charge is 0.304 e. The number of nitrogens with two attached hydrogens (primary N) is 1. The third kappa shape index (κ3) is 3.76. The normalized spacial score (nSPS) is 19.9. The number of carbonyl (C=O) groups excluding carboxylic acids is 1. The number of halogens is 2. The molecule has 0 aliphatic carbocycles. The summed E-state index contributed by atoms with van der Waals surface area (Å²) in [5.41, 5.74) is 5.02. The highest BCUT2D eigenvalue weighted by atomic mass is 35.5. The summed E-state index contributed by atoms with van der Waals surface area (Å²) in [5.74, 6) is -1.76. The number of rotatable bonds is 5. The molecule has 148 valence electrons. The van der Waals surface area contributed by atoms with Crippen molar-refractivity contribution in [1.82, 2.24) is 0 Å². The maximum atomic E-state index is 13.1. The van der Waals surface area contributed by atoms with Crippen LogP contribution in [0.25, 0.3) is 0 Å². The zero-order chi connectivity index (χ0) is 21.6. The van der Waals surface area contributed by atoms with E-state index in [4.69, 9.17) is 37.9 Å². The van der Waals surface area contributed by atoms with Crippen molar-refractivity contribution in [3.05, 3.63) is 81.3 Å². The van der Waals surface area contributed by atoms with E-state index in [0.29, 0.717) is 11.1 Å². The summed E-state index contributed by atoms with van der Waals surface area (Å²) in [5, 5.41) is 0.576. The van der Waals surface area contributed by atoms with E-state index in [1.165, 1.54) is 41.7 Å². The number of benzene rings is 2. The zero-order valence-electron chi connectivity index (χ0n) is 15.9. The molecule has 0 saturated heterocycles. The second kappa shape index (κ2) is 7.34. The molecule has 0 spiro atoms. The Labute approximate surface area is 181 Å². The fourth-order valence-electron chi connectivity index (χ4n) is 2.94. The Balaban J connectivity index is 1.96. The summed E-state index contributed by atoms with van der Waals surface area (Å²) in [4.78, 5) is 13.1. The average molecular weight is 450 g/mol. The Hall–Kier alpha value is -2.03.